The van der Waals surface area contributed by atoms with Crippen LogP contribution >= 0.6 is 0 Å². The molecule has 0 radical (unpaired) electrons. The van der Waals surface area contributed by atoms with Crippen LogP contribution in [0.5, 0.6) is 0 Å². The zero-order valence-corrected chi connectivity index (χ0v) is 19.7. The van der Waals surface area contributed by atoms with E-state index in [0.29, 0.717) is 24.7 Å². The van der Waals surface area contributed by atoms with Crippen molar-refractivity contribution in [3.63, 3.8) is 0 Å². The highest BCUT2D eigenvalue weighted by atomic mass is 16.2. The first kappa shape index (κ1) is 21.8. The Morgan fingerprint density at radius 2 is 1.59 bits per heavy atom. The molecule has 0 N–H and O–H groups in total. The van der Waals surface area contributed by atoms with E-state index in [1.807, 2.05) is 11.8 Å². The molecule has 1 atom stereocenters. The van der Waals surface area contributed by atoms with E-state index in [0.717, 1.165) is 55.3 Å². The van der Waals surface area contributed by atoms with Gasteiger partial charge in [-0.15, -0.1) is 0 Å². The largest absolute Gasteiger partial charge is 0.332 e. The van der Waals surface area contributed by atoms with Gasteiger partial charge in [-0.25, -0.2) is 9.97 Å². The van der Waals surface area contributed by atoms with Crippen LogP contribution in [0.2, 0.25) is 0 Å². The fraction of sp³-hybridized carbons (Fsp3) is 0.769. The molecule has 4 aliphatic rings. The number of amides is 2. The maximum atomic E-state index is 13.2. The number of likely N-dealkylation sites (tertiary alicyclic amines) is 1. The number of rotatable bonds is 5. The van der Waals surface area contributed by atoms with Gasteiger partial charge in [0.2, 0.25) is 11.8 Å². The molecule has 0 spiro atoms. The lowest BCUT2D eigenvalue weighted by atomic mass is 9.89. The van der Waals surface area contributed by atoms with Gasteiger partial charge in [0.05, 0.1) is 12.5 Å². The Kier molecular flexibility index (Phi) is 6.47. The molecule has 0 aromatic carbocycles. The highest BCUT2D eigenvalue weighted by molar-refractivity contribution is 6.00. The molecule has 1 aromatic heterocycles. The topological polar surface area (TPSA) is 66.4 Å². The molecule has 1 aromatic rings. The molecule has 2 amide bonds. The molecule has 0 bridgehead atoms. The Bertz CT molecular complexity index is 858. The Morgan fingerprint density at radius 3 is 2.38 bits per heavy atom. The molecule has 5 rings (SSSR count). The second-order valence-corrected chi connectivity index (χ2v) is 10.6. The summed E-state index contributed by atoms with van der Waals surface area (Å²) in [6, 6.07) is -0.0473. The first-order chi connectivity index (χ1) is 15.6. The molecule has 2 saturated carbocycles. The Morgan fingerprint density at radius 1 is 0.906 bits per heavy atom. The molecule has 6 nitrogen and oxygen atoms in total. The number of carbonyl (C=O) groups is 2. The standard InChI is InChI=1S/C26H38N4O2/c1-18-21-16-24(32)30(17-20-11-3-2-4-12-20)26(21)28-25(27-18)22-13-7-8-14-29(22)23(31)15-19-9-5-6-10-19/h19-20,22H,2-17H2,1H3/t22-/m0/s1. The van der Waals surface area contributed by atoms with Crippen LogP contribution in [-0.2, 0) is 16.0 Å². The van der Waals surface area contributed by atoms with E-state index in [9.17, 15) is 9.59 Å². The van der Waals surface area contributed by atoms with Crippen molar-refractivity contribution in [2.45, 2.75) is 103 Å². The highest BCUT2D eigenvalue weighted by Gasteiger charge is 2.36. The number of fused-ring (bicyclic) bond motifs is 1. The van der Waals surface area contributed by atoms with Crippen LogP contribution < -0.4 is 4.90 Å². The van der Waals surface area contributed by atoms with Crippen LogP contribution in [0.25, 0.3) is 0 Å². The zero-order valence-electron chi connectivity index (χ0n) is 19.7. The van der Waals surface area contributed by atoms with Crippen LogP contribution in [-0.4, -0.2) is 39.8 Å². The summed E-state index contributed by atoms with van der Waals surface area (Å²) in [5, 5.41) is 0. The van der Waals surface area contributed by atoms with E-state index in [-0.39, 0.29) is 17.9 Å². The van der Waals surface area contributed by atoms with Crippen molar-refractivity contribution in [3.8, 4) is 0 Å². The quantitative estimate of drug-likeness (QED) is 0.657. The van der Waals surface area contributed by atoms with Crippen LogP contribution in [0.1, 0.15) is 107 Å². The highest BCUT2D eigenvalue weighted by Crippen LogP contribution is 2.37. The predicted octanol–water partition coefficient (Wildman–Crippen LogP) is 4.89. The van der Waals surface area contributed by atoms with E-state index in [1.54, 1.807) is 0 Å². The van der Waals surface area contributed by atoms with E-state index < -0.39 is 0 Å². The van der Waals surface area contributed by atoms with Crippen molar-refractivity contribution in [2.75, 3.05) is 18.0 Å². The molecule has 0 unspecified atom stereocenters. The Balaban J connectivity index is 1.38. The van der Waals surface area contributed by atoms with Crippen LogP contribution in [0.3, 0.4) is 0 Å². The fourth-order valence-corrected chi connectivity index (χ4v) is 6.44. The maximum Gasteiger partial charge on any atom is 0.232 e. The maximum absolute atomic E-state index is 13.2. The molecule has 174 valence electrons. The molecular formula is C26H38N4O2. The van der Waals surface area contributed by atoms with Gasteiger partial charge in [-0.1, -0.05) is 32.1 Å². The van der Waals surface area contributed by atoms with Gasteiger partial charge in [-0.2, -0.15) is 0 Å². The lowest BCUT2D eigenvalue weighted by Gasteiger charge is -2.36. The summed E-state index contributed by atoms with van der Waals surface area (Å²) >= 11 is 0. The van der Waals surface area contributed by atoms with E-state index in [4.69, 9.17) is 9.97 Å². The molecule has 3 fully saturated rings. The molecule has 2 aliphatic heterocycles. The Labute approximate surface area is 192 Å². The molecule has 6 heteroatoms. The minimum Gasteiger partial charge on any atom is -0.332 e. The SMILES string of the molecule is Cc1nc([C@@H]2CCCCN2C(=O)CC2CCCC2)nc2c1CC(=O)N2CC1CCCCC1. The van der Waals surface area contributed by atoms with Gasteiger partial charge in [0.25, 0.3) is 0 Å². The van der Waals surface area contributed by atoms with Crippen molar-refractivity contribution in [1.82, 2.24) is 14.9 Å². The van der Waals surface area contributed by atoms with Gasteiger partial charge in [0.1, 0.15) is 5.82 Å². The Hall–Kier alpha value is -1.98. The molecule has 1 saturated heterocycles. The average Bonchev–Trinajstić information content (AvgIpc) is 3.43. The van der Waals surface area contributed by atoms with Crippen LogP contribution in [0.15, 0.2) is 0 Å². The molecular weight excluding hydrogens is 400 g/mol. The number of hydrogen-bond donors (Lipinski definition) is 0. The van der Waals surface area contributed by atoms with E-state index in [1.165, 1.54) is 57.8 Å². The lowest BCUT2D eigenvalue weighted by Crippen LogP contribution is -2.40. The van der Waals surface area contributed by atoms with Gasteiger partial charge in [-0.3, -0.25) is 14.5 Å². The predicted molar refractivity (Wildman–Crippen MR) is 124 cm³/mol. The summed E-state index contributed by atoms with van der Waals surface area (Å²) in [7, 11) is 0. The lowest BCUT2D eigenvalue weighted by molar-refractivity contribution is -0.136. The van der Waals surface area contributed by atoms with Gasteiger partial charge >= 0.3 is 0 Å². The number of aryl methyl sites for hydroxylation is 1. The fourth-order valence-electron chi connectivity index (χ4n) is 6.44. The van der Waals surface area contributed by atoms with Crippen molar-refractivity contribution in [1.29, 1.82) is 0 Å². The summed E-state index contributed by atoms with van der Waals surface area (Å²) in [6.07, 6.45) is 15.4. The van der Waals surface area contributed by atoms with Crippen molar-refractivity contribution < 1.29 is 9.59 Å². The van der Waals surface area contributed by atoms with Gasteiger partial charge in [0.15, 0.2) is 5.82 Å². The van der Waals surface area contributed by atoms with Crippen molar-refractivity contribution in [3.05, 3.63) is 17.1 Å². The average molecular weight is 439 g/mol. The smallest absolute Gasteiger partial charge is 0.232 e. The minimum atomic E-state index is -0.0473. The zero-order chi connectivity index (χ0) is 22.1. The first-order valence-corrected chi connectivity index (χ1v) is 13.1. The number of piperidine rings is 1. The first-order valence-electron chi connectivity index (χ1n) is 13.1. The number of hydrogen-bond acceptors (Lipinski definition) is 4. The summed E-state index contributed by atoms with van der Waals surface area (Å²) in [5.74, 6) is 3.16. The van der Waals surface area contributed by atoms with Gasteiger partial charge < -0.3 is 4.90 Å². The summed E-state index contributed by atoms with van der Waals surface area (Å²) in [5.41, 5.74) is 1.91. The van der Waals surface area contributed by atoms with Crippen molar-refractivity contribution >= 4 is 17.6 Å². The second kappa shape index (κ2) is 9.48. The number of nitrogens with zero attached hydrogens (tertiary/aromatic N) is 4. The monoisotopic (exact) mass is 438 g/mol. The third-order valence-electron chi connectivity index (χ3n) is 8.32. The normalized spacial score (nSPS) is 24.9. The third-order valence-corrected chi connectivity index (χ3v) is 8.32. The summed E-state index contributed by atoms with van der Waals surface area (Å²) in [4.78, 5) is 40.0. The molecule has 2 aliphatic carbocycles. The van der Waals surface area contributed by atoms with Crippen LogP contribution in [0.4, 0.5) is 5.82 Å². The van der Waals surface area contributed by atoms with Gasteiger partial charge in [0, 0.05) is 30.8 Å². The van der Waals surface area contributed by atoms with Crippen molar-refractivity contribution in [2.24, 2.45) is 11.8 Å². The number of anilines is 1. The number of aromatic nitrogens is 2. The molecule has 3 heterocycles. The van der Waals surface area contributed by atoms with E-state index in [2.05, 4.69) is 4.90 Å². The van der Waals surface area contributed by atoms with Gasteiger partial charge in [-0.05, 0) is 63.7 Å². The summed E-state index contributed by atoms with van der Waals surface area (Å²) < 4.78 is 0. The van der Waals surface area contributed by atoms with Crippen LogP contribution in [0, 0.1) is 18.8 Å². The third kappa shape index (κ3) is 4.42. The summed E-state index contributed by atoms with van der Waals surface area (Å²) in [6.45, 7) is 3.60. The van der Waals surface area contributed by atoms with E-state index >= 15 is 0 Å². The second-order valence-electron chi connectivity index (χ2n) is 10.6. The molecule has 32 heavy (non-hydrogen) atoms. The number of carbonyl (C=O) groups excluding carboxylic acids is 2. The minimum absolute atomic E-state index is 0.0473.